The molecule has 0 aliphatic carbocycles. The van der Waals surface area contributed by atoms with Gasteiger partial charge in [0.15, 0.2) is 5.76 Å². The van der Waals surface area contributed by atoms with Crippen LogP contribution in [0.4, 0.5) is 0 Å². The fourth-order valence-electron chi connectivity index (χ4n) is 2.94. The van der Waals surface area contributed by atoms with Crippen LogP contribution in [-0.4, -0.2) is 31.8 Å². The summed E-state index contributed by atoms with van der Waals surface area (Å²) in [5, 5.41) is 0. The highest BCUT2D eigenvalue weighted by Crippen LogP contribution is 2.30. The minimum Gasteiger partial charge on any atom is -0.455 e. The number of furan rings is 1. The lowest BCUT2D eigenvalue weighted by atomic mass is 9.86. The van der Waals surface area contributed by atoms with E-state index in [1.807, 2.05) is 6.92 Å². The number of nitrogens with zero attached hydrogens (tertiary/aromatic N) is 1. The first-order valence-electron chi connectivity index (χ1n) is 6.97. The molecule has 118 valence electrons. The van der Waals surface area contributed by atoms with Crippen molar-refractivity contribution < 1.29 is 17.6 Å². The number of halogens is 1. The summed E-state index contributed by atoms with van der Waals surface area (Å²) in [6, 6.07) is 1.31. The highest BCUT2D eigenvalue weighted by molar-refractivity contribution is 8.13. The Hall–Kier alpha value is -1.01. The van der Waals surface area contributed by atoms with Crippen LogP contribution in [-0.2, 0) is 9.05 Å². The van der Waals surface area contributed by atoms with E-state index in [9.17, 15) is 13.2 Å². The average Bonchev–Trinajstić information content (AvgIpc) is 2.75. The van der Waals surface area contributed by atoms with Crippen molar-refractivity contribution in [1.29, 1.82) is 0 Å². The zero-order valence-corrected chi connectivity index (χ0v) is 14.2. The maximum absolute atomic E-state index is 12.6. The molecule has 0 radical (unpaired) electrons. The molecule has 1 aromatic rings. The van der Waals surface area contributed by atoms with Crippen LogP contribution in [0, 0.1) is 18.8 Å². The summed E-state index contributed by atoms with van der Waals surface area (Å²) < 4.78 is 28.1. The van der Waals surface area contributed by atoms with Gasteiger partial charge in [0.05, 0.1) is 0 Å². The van der Waals surface area contributed by atoms with Crippen LogP contribution < -0.4 is 0 Å². The van der Waals surface area contributed by atoms with Crippen LogP contribution in [0.5, 0.6) is 0 Å². The van der Waals surface area contributed by atoms with Gasteiger partial charge in [-0.3, -0.25) is 4.79 Å². The van der Waals surface area contributed by atoms with Gasteiger partial charge >= 0.3 is 0 Å². The van der Waals surface area contributed by atoms with Gasteiger partial charge in [-0.1, -0.05) is 13.8 Å². The van der Waals surface area contributed by atoms with E-state index in [2.05, 4.69) is 13.8 Å². The van der Waals surface area contributed by atoms with Crippen molar-refractivity contribution >= 4 is 25.6 Å². The number of hydrogen-bond acceptors (Lipinski definition) is 4. The van der Waals surface area contributed by atoms with E-state index in [1.165, 1.54) is 13.0 Å². The monoisotopic (exact) mass is 333 g/mol. The Morgan fingerprint density at radius 2 is 2.00 bits per heavy atom. The molecule has 0 aromatic carbocycles. The fraction of sp³-hybridized carbons (Fsp3) is 0.643. The van der Waals surface area contributed by atoms with E-state index in [0.717, 1.165) is 6.42 Å². The SMILES string of the molecule is Cc1oc(C(=O)N2CC(C)CC(C)C2C)cc1S(=O)(=O)Cl. The molecule has 0 N–H and O–H groups in total. The molecule has 3 unspecified atom stereocenters. The first kappa shape index (κ1) is 16.4. The molecular formula is C14H20ClNO4S. The molecule has 0 saturated carbocycles. The molecule has 1 fully saturated rings. The quantitative estimate of drug-likeness (QED) is 0.780. The molecular weight excluding hydrogens is 314 g/mol. The van der Waals surface area contributed by atoms with E-state index in [0.29, 0.717) is 18.4 Å². The Morgan fingerprint density at radius 1 is 1.38 bits per heavy atom. The molecule has 1 aromatic heterocycles. The Labute approximate surface area is 129 Å². The van der Waals surface area contributed by atoms with Crippen LogP contribution in [0.3, 0.4) is 0 Å². The van der Waals surface area contributed by atoms with E-state index < -0.39 is 9.05 Å². The third-order valence-corrected chi connectivity index (χ3v) is 5.63. The Kier molecular flexibility index (Phi) is 4.40. The first-order chi connectivity index (χ1) is 9.61. The Bertz CT molecular complexity index is 652. The third kappa shape index (κ3) is 3.26. The van der Waals surface area contributed by atoms with Crippen molar-refractivity contribution in [3.05, 3.63) is 17.6 Å². The Morgan fingerprint density at radius 3 is 2.52 bits per heavy atom. The van der Waals surface area contributed by atoms with Gasteiger partial charge in [0, 0.05) is 29.3 Å². The van der Waals surface area contributed by atoms with Gasteiger partial charge in [0.25, 0.3) is 15.0 Å². The normalized spacial score (nSPS) is 26.9. The van der Waals surface area contributed by atoms with Crippen LogP contribution in [0.25, 0.3) is 0 Å². The van der Waals surface area contributed by atoms with Crippen LogP contribution >= 0.6 is 10.7 Å². The molecule has 0 spiro atoms. The van der Waals surface area contributed by atoms with Crippen LogP contribution in [0.1, 0.15) is 43.5 Å². The van der Waals surface area contributed by atoms with E-state index >= 15 is 0 Å². The number of carbonyl (C=O) groups excluding carboxylic acids is 1. The number of likely N-dealkylation sites (tertiary alicyclic amines) is 1. The second-order valence-electron chi connectivity index (χ2n) is 5.99. The molecule has 5 nitrogen and oxygen atoms in total. The van der Waals surface area contributed by atoms with E-state index in [1.54, 1.807) is 4.90 Å². The van der Waals surface area contributed by atoms with Crippen molar-refractivity contribution in [3.8, 4) is 0 Å². The molecule has 3 atom stereocenters. The van der Waals surface area contributed by atoms with E-state index in [-0.39, 0.29) is 28.4 Å². The van der Waals surface area contributed by atoms with Gasteiger partial charge < -0.3 is 9.32 Å². The summed E-state index contributed by atoms with van der Waals surface area (Å²) in [6.07, 6.45) is 1.07. The molecule has 1 amide bonds. The maximum Gasteiger partial charge on any atom is 0.289 e. The van der Waals surface area contributed by atoms with Gasteiger partial charge in [0.1, 0.15) is 10.7 Å². The summed E-state index contributed by atoms with van der Waals surface area (Å²) in [5.74, 6) is 0.687. The van der Waals surface area contributed by atoms with Gasteiger partial charge in [-0.25, -0.2) is 8.42 Å². The topological polar surface area (TPSA) is 67.6 Å². The molecule has 1 aliphatic rings. The predicted octanol–water partition coefficient (Wildman–Crippen LogP) is 3.02. The summed E-state index contributed by atoms with van der Waals surface area (Å²) in [6.45, 7) is 8.35. The second-order valence-corrected chi connectivity index (χ2v) is 8.52. The van der Waals surface area contributed by atoms with Crippen molar-refractivity contribution in [2.75, 3.05) is 6.54 Å². The number of rotatable bonds is 2. The number of hydrogen-bond donors (Lipinski definition) is 0. The molecule has 0 bridgehead atoms. The minimum absolute atomic E-state index is 0.0277. The number of piperidine rings is 1. The highest BCUT2D eigenvalue weighted by Gasteiger charge is 2.34. The molecule has 2 heterocycles. The number of carbonyl (C=O) groups is 1. The summed E-state index contributed by atoms with van der Waals surface area (Å²) >= 11 is 0. The maximum atomic E-state index is 12.6. The van der Waals surface area contributed by atoms with Crippen molar-refractivity contribution in [2.45, 2.75) is 45.1 Å². The smallest absolute Gasteiger partial charge is 0.289 e. The highest BCUT2D eigenvalue weighted by atomic mass is 35.7. The standard InChI is InChI=1S/C14H20ClNO4S/c1-8-5-9(2)10(3)16(7-8)14(17)12-6-13(11(4)20-12)21(15,18)19/h6,8-10H,5,7H2,1-4H3. The average molecular weight is 334 g/mol. The van der Waals surface area contributed by atoms with Gasteiger partial charge in [-0.05, 0) is 32.1 Å². The molecule has 21 heavy (non-hydrogen) atoms. The third-order valence-electron chi connectivity index (χ3n) is 4.20. The molecule has 7 heteroatoms. The van der Waals surface area contributed by atoms with Gasteiger partial charge in [-0.2, -0.15) is 0 Å². The lowest BCUT2D eigenvalue weighted by Crippen LogP contribution is -2.48. The van der Waals surface area contributed by atoms with Crippen molar-refractivity contribution in [3.63, 3.8) is 0 Å². The molecule has 1 aliphatic heterocycles. The zero-order chi connectivity index (χ0) is 15.9. The molecule has 2 rings (SSSR count). The molecule has 1 saturated heterocycles. The lowest BCUT2D eigenvalue weighted by molar-refractivity contribution is 0.0424. The minimum atomic E-state index is -3.90. The van der Waals surface area contributed by atoms with E-state index in [4.69, 9.17) is 15.1 Å². The predicted molar refractivity (Wildman–Crippen MR) is 79.9 cm³/mol. The summed E-state index contributed by atoms with van der Waals surface area (Å²) in [7, 11) is 1.43. The fourth-order valence-corrected chi connectivity index (χ4v) is 4.03. The second kappa shape index (κ2) is 5.65. The van der Waals surface area contributed by atoms with Crippen molar-refractivity contribution in [1.82, 2.24) is 4.90 Å². The Balaban J connectivity index is 2.32. The number of aryl methyl sites for hydroxylation is 1. The number of amides is 1. The van der Waals surface area contributed by atoms with Crippen LogP contribution in [0.15, 0.2) is 15.4 Å². The van der Waals surface area contributed by atoms with Crippen LogP contribution in [0.2, 0.25) is 0 Å². The van der Waals surface area contributed by atoms with Crippen molar-refractivity contribution in [2.24, 2.45) is 11.8 Å². The lowest BCUT2D eigenvalue weighted by Gasteiger charge is -2.40. The first-order valence-corrected chi connectivity index (χ1v) is 9.28. The summed E-state index contributed by atoms with van der Waals surface area (Å²) in [4.78, 5) is 14.2. The zero-order valence-electron chi connectivity index (χ0n) is 12.6. The van der Waals surface area contributed by atoms with Gasteiger partial charge in [0.2, 0.25) is 0 Å². The van der Waals surface area contributed by atoms with Gasteiger partial charge in [-0.15, -0.1) is 0 Å². The summed E-state index contributed by atoms with van der Waals surface area (Å²) in [5.41, 5.74) is 0. The largest absolute Gasteiger partial charge is 0.455 e.